The van der Waals surface area contributed by atoms with Gasteiger partial charge in [-0.2, -0.15) is 5.26 Å². The molecule has 0 radical (unpaired) electrons. The fraction of sp³-hybridized carbons (Fsp3) is 0.783. The molecule has 6 N–H and O–H groups in total. The largest absolute Gasteiger partial charge is 0.465 e. The predicted octanol–water partition coefficient (Wildman–Crippen LogP) is 11.9. The van der Waals surface area contributed by atoms with Crippen LogP contribution in [0.2, 0.25) is 0 Å². The number of hydrogen-bond acceptors (Lipinski definition) is 25. The minimum absolute atomic E-state index is 0.00188. The smallest absolute Gasteiger partial charge is 0.321 e. The van der Waals surface area contributed by atoms with Gasteiger partial charge in [0.2, 0.25) is 35.4 Å². The van der Waals surface area contributed by atoms with E-state index in [1.807, 2.05) is 67.5 Å². The normalized spacial score (nSPS) is 24.9. The number of carbonyl (C=O) groups excluding carboxylic acids is 13. The van der Waals surface area contributed by atoms with Gasteiger partial charge in [0.1, 0.15) is 60.0 Å². The lowest BCUT2D eigenvalue weighted by molar-refractivity contribution is -0.208. The minimum Gasteiger partial charge on any atom is -0.465 e. The van der Waals surface area contributed by atoms with E-state index in [1.165, 1.54) is 55.4 Å². The number of rotatable bonds is 58. The Kier molecular flexibility index (Phi) is 50.7. The molecule has 3 aliphatic rings. The third-order valence-electron chi connectivity index (χ3n) is 24.4. The summed E-state index contributed by atoms with van der Waals surface area (Å²) < 4.78 is 62.9. The van der Waals surface area contributed by atoms with E-state index >= 15 is 0 Å². The molecule has 0 aliphatic heterocycles. The lowest BCUT2D eigenvalue weighted by atomic mass is 9.66. The topological polar surface area (TPSA) is 413 Å². The van der Waals surface area contributed by atoms with Gasteiger partial charge in [-0.15, -0.1) is 0 Å². The molecule has 0 saturated heterocycles. The first-order valence-corrected chi connectivity index (χ1v) is 46.7. The highest BCUT2D eigenvalue weighted by molar-refractivity contribution is 7.45. The maximum Gasteiger partial charge on any atom is 0.321 e. The summed E-state index contributed by atoms with van der Waals surface area (Å²) in [4.78, 5) is 170. The maximum atomic E-state index is 14.9. The molecular formula is C92H151N8O23P. The van der Waals surface area contributed by atoms with Crippen molar-refractivity contribution in [1.82, 2.24) is 36.6 Å². The molecule has 3 saturated carbocycles. The van der Waals surface area contributed by atoms with E-state index in [-0.39, 0.29) is 172 Å². The lowest BCUT2D eigenvalue weighted by Gasteiger charge is -2.49. The van der Waals surface area contributed by atoms with E-state index in [9.17, 15) is 67.6 Å². The first-order chi connectivity index (χ1) is 58.8. The van der Waals surface area contributed by atoms with Crippen LogP contribution in [0.1, 0.15) is 278 Å². The quantitative estimate of drug-likeness (QED) is 0.0153. The van der Waals surface area contributed by atoms with Gasteiger partial charge in [-0.05, 0) is 153 Å². The van der Waals surface area contributed by atoms with Crippen molar-refractivity contribution in [3.63, 3.8) is 0 Å². The molecule has 31 nitrogen and oxygen atoms in total. The second-order valence-corrected chi connectivity index (χ2v) is 36.2. The van der Waals surface area contributed by atoms with Crippen LogP contribution in [0.15, 0.2) is 24.3 Å². The van der Waals surface area contributed by atoms with Crippen molar-refractivity contribution in [1.29, 1.82) is 5.26 Å². The van der Waals surface area contributed by atoms with Crippen LogP contribution in [-0.2, 0) is 111 Å². The molecule has 21 atom stereocenters. The summed E-state index contributed by atoms with van der Waals surface area (Å²) in [5, 5.41) is 27.1. The molecule has 32 heteroatoms. The first kappa shape index (κ1) is 109. The van der Waals surface area contributed by atoms with E-state index < -0.39 is 123 Å². The third kappa shape index (κ3) is 38.0. The van der Waals surface area contributed by atoms with E-state index in [0.29, 0.717) is 109 Å². The van der Waals surface area contributed by atoms with Gasteiger partial charge >= 0.3 is 38.4 Å². The van der Waals surface area contributed by atoms with Gasteiger partial charge in [-0.1, -0.05) is 99.1 Å². The van der Waals surface area contributed by atoms with Crippen molar-refractivity contribution in [3.8, 4) is 11.8 Å². The molecular weight excluding hydrogens is 1620 g/mol. The lowest BCUT2D eigenvalue weighted by Crippen LogP contribution is -2.63. The van der Waals surface area contributed by atoms with E-state index in [2.05, 4.69) is 63.4 Å². The fourth-order valence-corrected chi connectivity index (χ4v) is 19.5. The Balaban J connectivity index is 1.52. The maximum absolute atomic E-state index is 14.9. The van der Waals surface area contributed by atoms with Gasteiger partial charge in [-0.25, -0.2) is 4.67 Å². The van der Waals surface area contributed by atoms with Gasteiger partial charge in [0, 0.05) is 162 Å². The molecule has 1 aromatic carbocycles. The second-order valence-electron chi connectivity index (χ2n) is 34.8. The number of Topliss-reactive ketones (excluding diaryl/α,β-unsaturated/α-hetero) is 2. The number of unbranched alkanes of at least 4 members (excludes halogenated alkanes) is 9. The van der Waals surface area contributed by atoms with Crippen LogP contribution < -0.4 is 36.4 Å². The summed E-state index contributed by atoms with van der Waals surface area (Å²) in [5.41, 5.74) is 0.818. The average molecular weight is 1770 g/mol. The van der Waals surface area contributed by atoms with Crippen molar-refractivity contribution >= 4 is 85.4 Å². The molecule has 0 spiro atoms. The molecule has 124 heavy (non-hydrogen) atoms. The van der Waals surface area contributed by atoms with Crippen molar-refractivity contribution in [2.24, 2.45) is 59.2 Å². The van der Waals surface area contributed by atoms with Crippen LogP contribution in [0.4, 0.5) is 0 Å². The van der Waals surface area contributed by atoms with E-state index in [1.54, 1.807) is 12.1 Å². The number of aryl methyl sites for hydroxylation is 1. The number of benzene rings is 1. The predicted molar refractivity (Wildman–Crippen MR) is 467 cm³/mol. The molecule has 0 heterocycles. The zero-order chi connectivity index (χ0) is 92.3. The molecule has 4 rings (SSSR count). The third-order valence-corrected chi connectivity index (χ3v) is 26.5. The molecule has 6 amide bonds. The number of nitriles is 1. The number of nitrogens with zero attached hydrogens (tertiary/aromatic N) is 2. The summed E-state index contributed by atoms with van der Waals surface area (Å²) in [6.07, 6.45) is 4.27. The Morgan fingerprint density at radius 3 is 1.34 bits per heavy atom. The van der Waals surface area contributed by atoms with Crippen molar-refractivity contribution in [2.45, 2.75) is 352 Å². The van der Waals surface area contributed by atoms with Crippen molar-refractivity contribution in [2.75, 3.05) is 52.7 Å². The van der Waals surface area contributed by atoms with Crippen LogP contribution >= 0.6 is 8.53 Å². The Bertz CT molecular complexity index is 3540. The average Bonchev–Trinajstić information content (AvgIpc) is 0.778. The number of hydrogen-bond donors (Lipinski definition) is 6. The molecule has 0 aromatic heterocycles. The van der Waals surface area contributed by atoms with Gasteiger partial charge in [0.25, 0.3) is 0 Å². The van der Waals surface area contributed by atoms with Crippen molar-refractivity contribution < 1.29 is 109 Å². The van der Waals surface area contributed by atoms with E-state index in [0.717, 1.165) is 24.8 Å². The summed E-state index contributed by atoms with van der Waals surface area (Å²) in [7, 11) is -1.58. The highest BCUT2D eigenvalue weighted by Gasteiger charge is 2.54. The van der Waals surface area contributed by atoms with E-state index in [4.69, 9.17) is 46.9 Å². The van der Waals surface area contributed by atoms with Gasteiger partial charge in [0.05, 0.1) is 43.9 Å². The fourth-order valence-electron chi connectivity index (χ4n) is 17.9. The standard InChI is InChI=1S/C92H151N8O23P/c1-20-75-59(8)61(10)82(97-64(13)102)89(86(75)120-68(17)106)115-50-32-25-22-28-46-94-80(110)43-38-72(54-73(109)39-35-71-36-40-74(41-37-71)123-124(118-52-34-45-93)100(56(3)4)57(5)6)91(112)99-79(92(113)96-48-30-24-27-31-49-114-84-63(12)76(21-2)85(119-67(16)105)87(121-69(18)107)77(84)53-58(7)101)42-44-81(111)95-47-29-23-26-33-51-116-90-83(98-65(14)103)62(11)60(9)78(55-117-66(15)104)88(90)122-70(19)108/h36-37,40-41,56-57,59-63,72,75-79,82-90H,20-35,38-39,42-44,46-55H2,1-19H3,(H,94,110)(H,95,111)(H,96,113)(H,97,102)(H,98,103)(H,99,112). The van der Waals surface area contributed by atoms with Crippen LogP contribution in [0.25, 0.3) is 0 Å². The Morgan fingerprint density at radius 1 is 0.468 bits per heavy atom. The second kappa shape index (κ2) is 57.9. The van der Waals surface area contributed by atoms with Crippen LogP contribution in [0.3, 0.4) is 0 Å². The number of amides is 6. The summed E-state index contributed by atoms with van der Waals surface area (Å²) >= 11 is 0. The number of carbonyl (C=O) groups is 13. The van der Waals surface area contributed by atoms with Gasteiger partial charge in [-0.3, -0.25) is 57.5 Å². The number of esters is 5. The monoisotopic (exact) mass is 1770 g/mol. The summed E-state index contributed by atoms with van der Waals surface area (Å²) in [6.45, 7) is 35.2. The number of ether oxygens (including phenoxy) is 8. The Labute approximate surface area is 738 Å². The van der Waals surface area contributed by atoms with Gasteiger partial charge in [0.15, 0.2) is 0 Å². The highest BCUT2D eigenvalue weighted by atomic mass is 31.2. The Hall–Kier alpha value is -7.75. The summed E-state index contributed by atoms with van der Waals surface area (Å²) in [5.74, 6) is -7.18. The molecule has 0 bridgehead atoms. The molecule has 3 fully saturated rings. The highest BCUT2D eigenvalue weighted by Crippen LogP contribution is 2.48. The van der Waals surface area contributed by atoms with Crippen LogP contribution in [-0.4, -0.2) is 207 Å². The molecule has 1 aromatic rings. The van der Waals surface area contributed by atoms with Gasteiger partial charge < -0.3 is 83.6 Å². The number of nitrogens with one attached hydrogen (secondary N) is 6. The molecule has 3 aliphatic carbocycles. The first-order valence-electron chi connectivity index (χ1n) is 45.5. The molecule has 702 valence electrons. The SMILES string of the molecule is CCC1C(C)C(OCCCCCCNC(=O)C(CCC(=O)NCCCCCCOC2C(NC(C)=O)C(C)C(C)C(COC(C)=O)C2OC(C)=O)NC(=O)C(CCC(=O)NCCCCCCOC2C(NC(C)=O)C(C)C(C)C(CC)C2OC(C)=O)CC(=O)CCc2ccc(OP(OCCC#N)N(C(C)C)C(C)C)cc2)C(CC(C)=O)C(OC(C)=O)C1OC(C)=O. The van der Waals surface area contributed by atoms with Crippen LogP contribution in [0, 0.1) is 70.5 Å². The molecule has 21 unspecified atom stereocenters. The summed E-state index contributed by atoms with van der Waals surface area (Å²) in [6, 6.07) is 7.47. The zero-order valence-electron chi connectivity index (χ0n) is 77.7. The minimum atomic E-state index is -1.58. The number of ketones is 2. The van der Waals surface area contributed by atoms with Crippen molar-refractivity contribution in [3.05, 3.63) is 29.8 Å². The zero-order valence-corrected chi connectivity index (χ0v) is 78.6. The Morgan fingerprint density at radius 2 is 0.895 bits per heavy atom. The van der Waals surface area contributed by atoms with Crippen LogP contribution in [0.5, 0.6) is 5.75 Å².